The van der Waals surface area contributed by atoms with E-state index < -0.39 is 0 Å². The molecule has 4 heteroatoms. The SMILES string of the molecule is CCNC(=NCC1CCCO1)NCCC1CCCCC1. The fourth-order valence-corrected chi connectivity index (χ4v) is 3.19. The Hall–Kier alpha value is -0.770. The van der Waals surface area contributed by atoms with Gasteiger partial charge in [-0.1, -0.05) is 32.1 Å². The van der Waals surface area contributed by atoms with Gasteiger partial charge in [-0.2, -0.15) is 0 Å². The van der Waals surface area contributed by atoms with Crippen molar-refractivity contribution in [3.8, 4) is 0 Å². The lowest BCUT2D eigenvalue weighted by Gasteiger charge is -2.22. The molecule has 2 rings (SSSR count). The number of aliphatic imine (C=N–C) groups is 1. The molecule has 1 atom stereocenters. The highest BCUT2D eigenvalue weighted by molar-refractivity contribution is 5.79. The van der Waals surface area contributed by atoms with E-state index in [1.54, 1.807) is 0 Å². The summed E-state index contributed by atoms with van der Waals surface area (Å²) in [7, 11) is 0. The molecule has 0 aromatic heterocycles. The second-order valence-electron chi connectivity index (χ2n) is 6.07. The Kier molecular flexibility index (Phi) is 7.20. The molecule has 2 fully saturated rings. The summed E-state index contributed by atoms with van der Waals surface area (Å²) in [4.78, 5) is 4.65. The molecule has 1 saturated heterocycles. The Labute approximate surface area is 123 Å². The van der Waals surface area contributed by atoms with Crippen molar-refractivity contribution < 1.29 is 4.74 Å². The van der Waals surface area contributed by atoms with Crippen molar-refractivity contribution in [2.45, 2.75) is 64.4 Å². The second-order valence-corrected chi connectivity index (χ2v) is 6.07. The molecule has 0 aromatic rings. The summed E-state index contributed by atoms with van der Waals surface area (Å²) in [6.07, 6.45) is 11.1. The van der Waals surface area contributed by atoms with E-state index in [0.717, 1.165) is 44.5 Å². The van der Waals surface area contributed by atoms with Crippen LogP contribution in [-0.2, 0) is 4.74 Å². The van der Waals surface area contributed by atoms with Gasteiger partial charge in [0.25, 0.3) is 0 Å². The molecule has 1 unspecified atom stereocenters. The van der Waals surface area contributed by atoms with Crippen LogP contribution in [-0.4, -0.2) is 38.3 Å². The first-order valence-electron chi connectivity index (χ1n) is 8.52. The number of hydrogen-bond donors (Lipinski definition) is 2. The van der Waals surface area contributed by atoms with Crippen LogP contribution >= 0.6 is 0 Å². The molecule has 1 saturated carbocycles. The number of nitrogens with one attached hydrogen (secondary N) is 2. The van der Waals surface area contributed by atoms with Crippen LogP contribution in [0.5, 0.6) is 0 Å². The van der Waals surface area contributed by atoms with Gasteiger partial charge in [-0.15, -0.1) is 0 Å². The maximum atomic E-state index is 5.62. The van der Waals surface area contributed by atoms with Gasteiger partial charge in [-0.05, 0) is 32.1 Å². The molecular weight excluding hydrogens is 250 g/mol. The summed E-state index contributed by atoms with van der Waals surface area (Å²) in [6.45, 7) is 5.78. The fourth-order valence-electron chi connectivity index (χ4n) is 3.19. The van der Waals surface area contributed by atoms with Gasteiger partial charge < -0.3 is 15.4 Å². The van der Waals surface area contributed by atoms with Crippen molar-refractivity contribution in [1.82, 2.24) is 10.6 Å². The number of ether oxygens (including phenoxy) is 1. The zero-order chi connectivity index (χ0) is 14.0. The summed E-state index contributed by atoms with van der Waals surface area (Å²) < 4.78 is 5.62. The third-order valence-electron chi connectivity index (χ3n) is 4.39. The van der Waals surface area contributed by atoms with Gasteiger partial charge in [0, 0.05) is 19.7 Å². The second kappa shape index (κ2) is 9.22. The molecule has 0 aromatic carbocycles. The topological polar surface area (TPSA) is 45.7 Å². The highest BCUT2D eigenvalue weighted by atomic mass is 16.5. The Bertz CT molecular complexity index is 281. The highest BCUT2D eigenvalue weighted by Crippen LogP contribution is 2.25. The van der Waals surface area contributed by atoms with Gasteiger partial charge in [0.05, 0.1) is 12.6 Å². The predicted octanol–water partition coefficient (Wildman–Crippen LogP) is 2.69. The van der Waals surface area contributed by atoms with Crippen molar-refractivity contribution in [2.75, 3.05) is 26.2 Å². The van der Waals surface area contributed by atoms with Crippen LogP contribution in [0.3, 0.4) is 0 Å². The molecular formula is C16H31N3O. The Morgan fingerprint density at radius 1 is 1.10 bits per heavy atom. The molecule has 1 aliphatic heterocycles. The van der Waals surface area contributed by atoms with Gasteiger partial charge in [-0.25, -0.2) is 0 Å². The van der Waals surface area contributed by atoms with Crippen LogP contribution in [0, 0.1) is 5.92 Å². The maximum Gasteiger partial charge on any atom is 0.191 e. The van der Waals surface area contributed by atoms with Crippen LogP contribution in [0.15, 0.2) is 4.99 Å². The normalized spacial score (nSPS) is 24.9. The number of guanidine groups is 1. The lowest BCUT2D eigenvalue weighted by Crippen LogP contribution is -2.39. The van der Waals surface area contributed by atoms with Crippen molar-refractivity contribution in [3.63, 3.8) is 0 Å². The van der Waals surface area contributed by atoms with Crippen molar-refractivity contribution in [3.05, 3.63) is 0 Å². The molecule has 4 nitrogen and oxygen atoms in total. The zero-order valence-corrected chi connectivity index (χ0v) is 13.0. The quantitative estimate of drug-likeness (QED) is 0.581. The number of rotatable bonds is 6. The van der Waals surface area contributed by atoms with Crippen LogP contribution in [0.25, 0.3) is 0 Å². The molecule has 1 heterocycles. The first-order chi connectivity index (χ1) is 9.88. The van der Waals surface area contributed by atoms with E-state index in [9.17, 15) is 0 Å². The van der Waals surface area contributed by atoms with Gasteiger partial charge in [0.15, 0.2) is 5.96 Å². The minimum absolute atomic E-state index is 0.337. The molecule has 0 amide bonds. The Morgan fingerprint density at radius 2 is 1.95 bits per heavy atom. The first-order valence-corrected chi connectivity index (χ1v) is 8.52. The number of hydrogen-bond acceptors (Lipinski definition) is 2. The summed E-state index contributed by atoms with van der Waals surface area (Å²) in [6, 6.07) is 0. The standard InChI is InChI=1S/C16H31N3O/c1-2-17-16(19-13-15-9-6-12-20-15)18-11-10-14-7-4-3-5-8-14/h14-15H,2-13H2,1H3,(H2,17,18,19). The number of nitrogens with zero attached hydrogens (tertiary/aromatic N) is 1. The monoisotopic (exact) mass is 281 g/mol. The highest BCUT2D eigenvalue weighted by Gasteiger charge is 2.15. The summed E-state index contributed by atoms with van der Waals surface area (Å²) in [5, 5.41) is 6.80. The van der Waals surface area contributed by atoms with Crippen molar-refractivity contribution in [2.24, 2.45) is 10.9 Å². The van der Waals surface area contributed by atoms with Crippen LogP contribution in [0.1, 0.15) is 58.3 Å². The van der Waals surface area contributed by atoms with E-state index in [4.69, 9.17) is 4.74 Å². The van der Waals surface area contributed by atoms with E-state index in [1.165, 1.54) is 44.9 Å². The minimum Gasteiger partial charge on any atom is -0.376 e. The predicted molar refractivity (Wildman–Crippen MR) is 84.1 cm³/mol. The smallest absolute Gasteiger partial charge is 0.191 e. The Balaban J connectivity index is 1.66. The van der Waals surface area contributed by atoms with E-state index >= 15 is 0 Å². The maximum absolute atomic E-state index is 5.62. The third kappa shape index (κ3) is 5.70. The van der Waals surface area contributed by atoms with E-state index in [0.29, 0.717) is 6.10 Å². The molecule has 20 heavy (non-hydrogen) atoms. The zero-order valence-electron chi connectivity index (χ0n) is 13.0. The molecule has 0 spiro atoms. The van der Waals surface area contributed by atoms with E-state index in [-0.39, 0.29) is 0 Å². The lowest BCUT2D eigenvalue weighted by atomic mass is 9.87. The van der Waals surface area contributed by atoms with Gasteiger partial charge in [0.1, 0.15) is 0 Å². The summed E-state index contributed by atoms with van der Waals surface area (Å²) >= 11 is 0. The van der Waals surface area contributed by atoms with Gasteiger partial charge in [0.2, 0.25) is 0 Å². The van der Waals surface area contributed by atoms with Crippen LogP contribution in [0.4, 0.5) is 0 Å². The average Bonchev–Trinajstić information content (AvgIpc) is 2.99. The third-order valence-corrected chi connectivity index (χ3v) is 4.39. The molecule has 1 aliphatic carbocycles. The first kappa shape index (κ1) is 15.6. The molecule has 116 valence electrons. The van der Waals surface area contributed by atoms with E-state index in [2.05, 4.69) is 22.5 Å². The minimum atomic E-state index is 0.337. The van der Waals surface area contributed by atoms with E-state index in [1.807, 2.05) is 0 Å². The summed E-state index contributed by atoms with van der Waals surface area (Å²) in [5.41, 5.74) is 0. The van der Waals surface area contributed by atoms with Gasteiger partial charge >= 0.3 is 0 Å². The molecule has 0 bridgehead atoms. The van der Waals surface area contributed by atoms with Crippen molar-refractivity contribution in [1.29, 1.82) is 0 Å². The lowest BCUT2D eigenvalue weighted by molar-refractivity contribution is 0.117. The molecule has 2 aliphatic rings. The fraction of sp³-hybridized carbons (Fsp3) is 0.938. The van der Waals surface area contributed by atoms with Crippen LogP contribution in [0.2, 0.25) is 0 Å². The van der Waals surface area contributed by atoms with Crippen molar-refractivity contribution >= 4 is 5.96 Å². The van der Waals surface area contributed by atoms with Crippen LogP contribution < -0.4 is 10.6 Å². The summed E-state index contributed by atoms with van der Waals surface area (Å²) in [5.74, 6) is 1.89. The van der Waals surface area contributed by atoms with Gasteiger partial charge in [-0.3, -0.25) is 4.99 Å². The Morgan fingerprint density at radius 3 is 2.65 bits per heavy atom. The molecule has 0 radical (unpaired) electrons. The average molecular weight is 281 g/mol. The largest absolute Gasteiger partial charge is 0.376 e. The molecule has 2 N–H and O–H groups in total.